The summed E-state index contributed by atoms with van der Waals surface area (Å²) in [4.78, 5) is 0.186. The van der Waals surface area contributed by atoms with Gasteiger partial charge in [-0.1, -0.05) is 33.6 Å². The van der Waals surface area contributed by atoms with Gasteiger partial charge in [0.05, 0.1) is 15.6 Å². The van der Waals surface area contributed by atoms with Gasteiger partial charge < -0.3 is 5.73 Å². The van der Waals surface area contributed by atoms with Crippen LogP contribution < -0.4 is 10.5 Å². The van der Waals surface area contributed by atoms with E-state index in [0.717, 1.165) is 0 Å². The zero-order chi connectivity index (χ0) is 14.9. The molecule has 0 bridgehead atoms. The van der Waals surface area contributed by atoms with Crippen molar-refractivity contribution in [2.45, 2.75) is 11.8 Å². The second-order valence-corrected chi connectivity index (χ2v) is 7.23. The van der Waals surface area contributed by atoms with Crippen molar-refractivity contribution in [3.05, 3.63) is 51.5 Å². The molecule has 0 amide bonds. The van der Waals surface area contributed by atoms with E-state index in [4.69, 9.17) is 17.3 Å². The summed E-state index contributed by atoms with van der Waals surface area (Å²) in [5.41, 5.74) is 6.96. The average Bonchev–Trinajstić information content (AvgIpc) is 2.36. The summed E-state index contributed by atoms with van der Waals surface area (Å²) in [6, 6.07) is 9.67. The first-order chi connectivity index (χ1) is 9.29. The molecule has 2 rings (SSSR count). The fourth-order valence-corrected chi connectivity index (χ4v) is 3.76. The zero-order valence-corrected chi connectivity index (χ0v) is 13.7. The Kier molecular flexibility index (Phi) is 4.27. The molecule has 0 fully saturated rings. The SMILES string of the molecule is Cc1ccc(Br)cc1S(=O)(=O)Nc1cc(N)ccc1Cl. The standard InChI is InChI=1S/C13H12BrClN2O2S/c1-8-2-3-9(14)6-13(8)20(18,19)17-12-7-10(16)4-5-11(12)15/h2-7,17H,16H2,1H3. The first kappa shape index (κ1) is 15.2. The highest BCUT2D eigenvalue weighted by molar-refractivity contribution is 9.10. The van der Waals surface area contributed by atoms with E-state index in [1.165, 1.54) is 12.1 Å². The molecule has 20 heavy (non-hydrogen) atoms. The Morgan fingerprint density at radius 3 is 2.60 bits per heavy atom. The van der Waals surface area contributed by atoms with Crippen molar-refractivity contribution < 1.29 is 8.42 Å². The highest BCUT2D eigenvalue weighted by atomic mass is 79.9. The molecule has 7 heteroatoms. The Balaban J connectivity index is 2.46. The summed E-state index contributed by atoms with van der Waals surface area (Å²) in [6.45, 7) is 1.72. The lowest BCUT2D eigenvalue weighted by Gasteiger charge is -2.12. The number of nitrogens with two attached hydrogens (primary N) is 1. The maximum absolute atomic E-state index is 12.4. The van der Waals surface area contributed by atoms with Crippen molar-refractivity contribution in [3.8, 4) is 0 Å². The molecule has 0 aliphatic heterocycles. The van der Waals surface area contributed by atoms with Crippen LogP contribution in [0.3, 0.4) is 0 Å². The number of aryl methyl sites for hydroxylation is 1. The molecule has 0 heterocycles. The predicted molar refractivity (Wildman–Crippen MR) is 85.6 cm³/mol. The lowest BCUT2D eigenvalue weighted by Crippen LogP contribution is -2.14. The van der Waals surface area contributed by atoms with Crippen LogP contribution in [-0.4, -0.2) is 8.42 Å². The molecule has 2 aromatic carbocycles. The van der Waals surface area contributed by atoms with Crippen LogP contribution in [0.2, 0.25) is 5.02 Å². The summed E-state index contributed by atoms with van der Waals surface area (Å²) in [5, 5.41) is 0.287. The molecule has 0 radical (unpaired) electrons. The van der Waals surface area contributed by atoms with Gasteiger partial charge >= 0.3 is 0 Å². The molecular weight excluding hydrogens is 364 g/mol. The van der Waals surface area contributed by atoms with Crippen molar-refractivity contribution in [3.63, 3.8) is 0 Å². The van der Waals surface area contributed by atoms with Crippen molar-refractivity contribution in [1.82, 2.24) is 0 Å². The number of sulfonamides is 1. The van der Waals surface area contributed by atoms with Crippen LogP contribution in [-0.2, 0) is 10.0 Å². The highest BCUT2D eigenvalue weighted by Crippen LogP contribution is 2.28. The van der Waals surface area contributed by atoms with Crippen molar-refractivity contribution in [2.24, 2.45) is 0 Å². The van der Waals surface area contributed by atoms with Crippen molar-refractivity contribution in [1.29, 1.82) is 0 Å². The number of anilines is 2. The number of nitrogens with one attached hydrogen (secondary N) is 1. The summed E-state index contributed by atoms with van der Waals surface area (Å²) in [5.74, 6) is 0. The van der Waals surface area contributed by atoms with Crippen LogP contribution in [0.5, 0.6) is 0 Å². The fourth-order valence-electron chi connectivity index (χ4n) is 1.68. The maximum atomic E-state index is 12.4. The Morgan fingerprint density at radius 2 is 1.90 bits per heavy atom. The van der Waals surface area contributed by atoms with Crippen LogP contribution in [0.1, 0.15) is 5.56 Å². The van der Waals surface area contributed by atoms with Gasteiger partial charge in [-0.2, -0.15) is 0 Å². The van der Waals surface area contributed by atoms with Gasteiger partial charge in [0, 0.05) is 10.2 Å². The summed E-state index contributed by atoms with van der Waals surface area (Å²) >= 11 is 9.23. The Labute approximate surface area is 131 Å². The summed E-state index contributed by atoms with van der Waals surface area (Å²) in [7, 11) is -3.73. The first-order valence-electron chi connectivity index (χ1n) is 5.63. The second kappa shape index (κ2) is 5.63. The van der Waals surface area contributed by atoms with E-state index < -0.39 is 10.0 Å². The molecular formula is C13H12BrClN2O2S. The number of hydrogen-bond acceptors (Lipinski definition) is 3. The van der Waals surface area contributed by atoms with Crippen molar-refractivity contribution >= 4 is 48.9 Å². The fraction of sp³-hybridized carbons (Fsp3) is 0.0769. The topological polar surface area (TPSA) is 72.2 Å². The molecule has 3 N–H and O–H groups in total. The molecule has 2 aromatic rings. The largest absolute Gasteiger partial charge is 0.399 e. The van der Waals surface area contributed by atoms with Crippen LogP contribution in [0.4, 0.5) is 11.4 Å². The van der Waals surface area contributed by atoms with Gasteiger partial charge in [0.2, 0.25) is 0 Å². The quantitative estimate of drug-likeness (QED) is 0.802. The third-order valence-corrected chi connectivity index (χ3v) is 5.00. The minimum Gasteiger partial charge on any atom is -0.399 e. The minimum atomic E-state index is -3.73. The molecule has 0 unspecified atom stereocenters. The number of nitrogen functional groups attached to an aromatic ring is 1. The van der Waals surface area contributed by atoms with Gasteiger partial charge in [0.1, 0.15) is 0 Å². The molecule has 0 atom stereocenters. The normalized spacial score (nSPS) is 11.3. The zero-order valence-electron chi connectivity index (χ0n) is 10.5. The Bertz CT molecular complexity index is 763. The van der Waals surface area contributed by atoms with Gasteiger partial charge in [-0.05, 0) is 42.8 Å². The lowest BCUT2D eigenvalue weighted by atomic mass is 10.2. The van der Waals surface area contributed by atoms with Gasteiger partial charge in [0.15, 0.2) is 0 Å². The van der Waals surface area contributed by atoms with E-state index in [0.29, 0.717) is 15.7 Å². The molecule has 0 saturated carbocycles. The summed E-state index contributed by atoms with van der Waals surface area (Å²) < 4.78 is 27.9. The van der Waals surface area contributed by atoms with Crippen LogP contribution in [0.15, 0.2) is 45.8 Å². The monoisotopic (exact) mass is 374 g/mol. The van der Waals surface area contributed by atoms with E-state index in [1.54, 1.807) is 31.2 Å². The summed E-state index contributed by atoms with van der Waals surface area (Å²) in [6.07, 6.45) is 0. The van der Waals surface area contributed by atoms with Crippen LogP contribution in [0.25, 0.3) is 0 Å². The van der Waals surface area contributed by atoms with Gasteiger partial charge in [-0.15, -0.1) is 0 Å². The smallest absolute Gasteiger partial charge is 0.262 e. The number of hydrogen-bond donors (Lipinski definition) is 2. The molecule has 0 saturated heterocycles. The lowest BCUT2D eigenvalue weighted by molar-refractivity contribution is 0.600. The molecule has 0 spiro atoms. The predicted octanol–water partition coefficient (Wildman–Crippen LogP) is 3.79. The molecule has 4 nitrogen and oxygen atoms in total. The Hall–Kier alpha value is -1.24. The molecule has 0 aromatic heterocycles. The number of benzene rings is 2. The van der Waals surface area contributed by atoms with Crippen LogP contribution >= 0.6 is 27.5 Å². The van der Waals surface area contributed by atoms with E-state index in [2.05, 4.69) is 20.7 Å². The molecule has 0 aliphatic rings. The second-order valence-electron chi connectivity index (χ2n) is 4.25. The molecule has 0 aliphatic carbocycles. The number of rotatable bonds is 3. The first-order valence-corrected chi connectivity index (χ1v) is 8.29. The third kappa shape index (κ3) is 3.26. The average molecular weight is 376 g/mol. The highest BCUT2D eigenvalue weighted by Gasteiger charge is 2.18. The Morgan fingerprint density at radius 1 is 1.20 bits per heavy atom. The van der Waals surface area contributed by atoms with E-state index in [1.807, 2.05) is 0 Å². The van der Waals surface area contributed by atoms with E-state index in [-0.39, 0.29) is 15.6 Å². The van der Waals surface area contributed by atoms with E-state index >= 15 is 0 Å². The third-order valence-electron chi connectivity index (χ3n) is 2.67. The van der Waals surface area contributed by atoms with E-state index in [9.17, 15) is 8.42 Å². The van der Waals surface area contributed by atoms with Gasteiger partial charge in [0.25, 0.3) is 10.0 Å². The number of halogens is 2. The van der Waals surface area contributed by atoms with Gasteiger partial charge in [-0.25, -0.2) is 8.42 Å². The minimum absolute atomic E-state index is 0.186. The van der Waals surface area contributed by atoms with Crippen LogP contribution in [0, 0.1) is 6.92 Å². The van der Waals surface area contributed by atoms with Gasteiger partial charge in [-0.3, -0.25) is 4.72 Å². The van der Waals surface area contributed by atoms with Crippen molar-refractivity contribution in [2.75, 3.05) is 10.5 Å². The maximum Gasteiger partial charge on any atom is 0.262 e. The molecule has 106 valence electrons.